The molecule has 6 fully saturated rings. The molecule has 4 heterocycles. The van der Waals surface area contributed by atoms with E-state index in [0.29, 0.717) is 0 Å². The van der Waals surface area contributed by atoms with Gasteiger partial charge in [-0.25, -0.2) is 14.4 Å². The molecule has 6 aliphatic rings. The van der Waals surface area contributed by atoms with Crippen molar-refractivity contribution in [2.75, 3.05) is 40.1 Å². The van der Waals surface area contributed by atoms with Gasteiger partial charge in [0.05, 0.1) is 50.5 Å². The third kappa shape index (κ3) is 3.17. The first-order chi connectivity index (χ1) is 19.3. The van der Waals surface area contributed by atoms with E-state index >= 15 is 0 Å². The number of rotatable bonds is 9. The maximum Gasteiger partial charge on any atom is 0.342 e. The van der Waals surface area contributed by atoms with Crippen molar-refractivity contribution in [3.63, 3.8) is 0 Å². The molecule has 2 saturated carbocycles. The SMILES string of the molecule is COC(=O)COCCOCCO[C@H]1C(=O)O[C@H]2O[C@]34C(=O)OC5C[C@@H](C(C)(C)C)C21[C@@]53[C@@H](O)[C@@H]1OC(O)C(C)[C@@]14O. The van der Waals surface area contributed by atoms with Crippen molar-refractivity contribution in [1.82, 2.24) is 0 Å². The first-order valence-corrected chi connectivity index (χ1v) is 13.9. The van der Waals surface area contributed by atoms with Crippen molar-refractivity contribution in [3.8, 4) is 0 Å². The van der Waals surface area contributed by atoms with Crippen LogP contribution in [0.1, 0.15) is 34.1 Å². The molecule has 230 valence electrons. The lowest BCUT2D eigenvalue weighted by Crippen LogP contribution is -2.67. The highest BCUT2D eigenvalue weighted by Gasteiger charge is 3.03. The minimum Gasteiger partial charge on any atom is -0.467 e. The fourth-order valence-electron chi connectivity index (χ4n) is 9.09. The van der Waals surface area contributed by atoms with Gasteiger partial charge in [0.25, 0.3) is 0 Å². The largest absolute Gasteiger partial charge is 0.467 e. The highest BCUT2D eigenvalue weighted by molar-refractivity contribution is 5.91. The van der Waals surface area contributed by atoms with Crippen molar-refractivity contribution >= 4 is 17.9 Å². The summed E-state index contributed by atoms with van der Waals surface area (Å²) in [5.41, 5.74) is -7.99. The molecule has 0 aromatic heterocycles. The molecule has 4 aliphatic heterocycles. The molecule has 41 heavy (non-hydrogen) atoms. The predicted octanol–water partition coefficient (Wildman–Crippen LogP) is -1.35. The molecule has 0 aromatic rings. The standard InChI is InChI=1S/C27H38O14/c1-12-19(30)39-17-16(29)25-14-10-13(23(2,3)4)24(25)18(37-9-8-35-6-7-36-11-15(28)34-5)20(31)40-22(24)41-27(25,21(32)38-14)26(12,17)33/h12-14,16-19,22,29-30,33H,6-11H2,1-5H3/t12?,13-,14?,16-,17-,18-,19?,22-,24?,25-,26+,27+/m0/s1. The van der Waals surface area contributed by atoms with Crippen LogP contribution in [0.5, 0.6) is 0 Å². The molecule has 0 bridgehead atoms. The molecule has 0 aromatic carbocycles. The summed E-state index contributed by atoms with van der Waals surface area (Å²) in [5.74, 6) is -3.59. The lowest BCUT2D eigenvalue weighted by atomic mass is 9.51. The second kappa shape index (κ2) is 9.29. The van der Waals surface area contributed by atoms with Crippen molar-refractivity contribution in [1.29, 1.82) is 0 Å². The van der Waals surface area contributed by atoms with Crippen molar-refractivity contribution in [2.24, 2.45) is 28.1 Å². The Hall–Kier alpha value is -1.91. The number of carbonyl (C=O) groups is 3. The van der Waals surface area contributed by atoms with E-state index in [1.807, 2.05) is 20.8 Å². The summed E-state index contributed by atoms with van der Waals surface area (Å²) >= 11 is 0. The number of aliphatic hydroxyl groups excluding tert-OH is 2. The van der Waals surface area contributed by atoms with Gasteiger partial charge in [-0.2, -0.15) is 0 Å². The molecule has 6 rings (SSSR count). The second-order valence-corrected chi connectivity index (χ2v) is 12.9. The number of fused-ring (bicyclic) bond motifs is 1. The number of hydrogen-bond donors (Lipinski definition) is 3. The van der Waals surface area contributed by atoms with Crippen molar-refractivity contribution < 1.29 is 67.6 Å². The third-order valence-electron chi connectivity index (χ3n) is 10.5. The van der Waals surface area contributed by atoms with Gasteiger partial charge in [0, 0.05) is 5.92 Å². The van der Waals surface area contributed by atoms with Crippen LogP contribution in [0.3, 0.4) is 0 Å². The van der Waals surface area contributed by atoms with E-state index in [1.54, 1.807) is 0 Å². The van der Waals surface area contributed by atoms with Crippen LogP contribution in [0.15, 0.2) is 0 Å². The zero-order valence-electron chi connectivity index (χ0n) is 23.7. The fourth-order valence-corrected chi connectivity index (χ4v) is 9.09. The highest BCUT2D eigenvalue weighted by atomic mass is 16.8. The Bertz CT molecular complexity index is 1120. The molecule has 12 atom stereocenters. The molecule has 4 saturated heterocycles. The molecule has 14 heteroatoms. The number of aliphatic hydroxyl groups is 3. The van der Waals surface area contributed by atoms with E-state index in [9.17, 15) is 29.7 Å². The minimum absolute atomic E-state index is 0.0555. The van der Waals surface area contributed by atoms with Crippen molar-refractivity contribution in [2.45, 2.75) is 82.3 Å². The van der Waals surface area contributed by atoms with Gasteiger partial charge in [0.15, 0.2) is 12.4 Å². The van der Waals surface area contributed by atoms with E-state index in [4.69, 9.17) is 33.2 Å². The Morgan fingerprint density at radius 2 is 1.76 bits per heavy atom. The average Bonchev–Trinajstić information content (AvgIpc) is 3.62. The minimum atomic E-state index is -2.17. The van der Waals surface area contributed by atoms with Crippen LogP contribution in [0, 0.1) is 28.1 Å². The smallest absolute Gasteiger partial charge is 0.342 e. The van der Waals surface area contributed by atoms with Crippen LogP contribution >= 0.6 is 0 Å². The monoisotopic (exact) mass is 586 g/mol. The van der Waals surface area contributed by atoms with Gasteiger partial charge in [-0.3, -0.25) is 0 Å². The van der Waals surface area contributed by atoms with Crippen LogP contribution in [0.4, 0.5) is 0 Å². The van der Waals surface area contributed by atoms with Crippen LogP contribution in [-0.4, -0.2) is 122 Å². The first-order valence-electron chi connectivity index (χ1n) is 13.9. The highest BCUT2D eigenvalue weighted by Crippen LogP contribution is 2.85. The van der Waals surface area contributed by atoms with E-state index in [-0.39, 0.29) is 39.5 Å². The summed E-state index contributed by atoms with van der Waals surface area (Å²) in [5, 5.41) is 34.9. The van der Waals surface area contributed by atoms with Gasteiger partial charge in [-0.1, -0.05) is 27.7 Å². The number of methoxy groups -OCH3 is 1. The maximum atomic E-state index is 13.8. The maximum absolute atomic E-state index is 13.8. The van der Waals surface area contributed by atoms with Gasteiger partial charge < -0.3 is 53.2 Å². The Kier molecular flexibility index (Phi) is 6.61. The fraction of sp³-hybridized carbons (Fsp3) is 0.889. The molecule has 4 unspecified atom stereocenters. The summed E-state index contributed by atoms with van der Waals surface area (Å²) in [6.45, 7) is 7.52. The molecule has 0 radical (unpaired) electrons. The topological polar surface area (TPSA) is 186 Å². The van der Waals surface area contributed by atoms with Crippen LogP contribution in [-0.2, 0) is 52.3 Å². The summed E-state index contributed by atoms with van der Waals surface area (Å²) in [6.07, 6.45) is -7.73. The number of ether oxygens (including phenoxy) is 8. The van der Waals surface area contributed by atoms with Gasteiger partial charge in [0.2, 0.25) is 11.9 Å². The molecule has 14 nitrogen and oxygen atoms in total. The zero-order valence-corrected chi connectivity index (χ0v) is 23.7. The number of hydrogen-bond acceptors (Lipinski definition) is 14. The Balaban J connectivity index is 1.34. The summed E-state index contributed by atoms with van der Waals surface area (Å²) in [6, 6.07) is 0. The summed E-state index contributed by atoms with van der Waals surface area (Å²) < 4.78 is 45.1. The summed E-state index contributed by atoms with van der Waals surface area (Å²) in [4.78, 5) is 38.4. The zero-order chi connectivity index (χ0) is 29.8. The van der Waals surface area contributed by atoms with Gasteiger partial charge >= 0.3 is 17.9 Å². The molecular weight excluding hydrogens is 548 g/mol. The third-order valence-corrected chi connectivity index (χ3v) is 10.5. The molecular formula is C27H38O14. The van der Waals surface area contributed by atoms with Crippen LogP contribution in [0.25, 0.3) is 0 Å². The number of carbonyl (C=O) groups excluding carboxylic acids is 3. The molecule has 2 aliphatic carbocycles. The Morgan fingerprint density at radius 1 is 1.07 bits per heavy atom. The van der Waals surface area contributed by atoms with Gasteiger partial charge in [0.1, 0.15) is 24.4 Å². The lowest BCUT2D eigenvalue weighted by Gasteiger charge is -2.48. The molecule has 0 amide bonds. The average molecular weight is 587 g/mol. The van der Waals surface area contributed by atoms with E-state index < -0.39 is 94.2 Å². The van der Waals surface area contributed by atoms with E-state index in [0.717, 1.165) is 0 Å². The molecule has 2 spiro atoms. The number of esters is 3. The second-order valence-electron chi connectivity index (χ2n) is 12.9. The van der Waals surface area contributed by atoms with Gasteiger partial charge in [-0.15, -0.1) is 0 Å². The first kappa shape index (κ1) is 29.2. The Morgan fingerprint density at radius 3 is 2.44 bits per heavy atom. The van der Waals surface area contributed by atoms with E-state index in [1.165, 1.54) is 14.0 Å². The van der Waals surface area contributed by atoms with Crippen LogP contribution in [0.2, 0.25) is 0 Å². The normalized spacial score (nSPS) is 49.0. The lowest BCUT2D eigenvalue weighted by molar-refractivity contribution is -0.240. The summed E-state index contributed by atoms with van der Waals surface area (Å²) in [7, 11) is 1.26. The van der Waals surface area contributed by atoms with Crippen molar-refractivity contribution in [3.05, 3.63) is 0 Å². The predicted molar refractivity (Wildman–Crippen MR) is 130 cm³/mol. The van der Waals surface area contributed by atoms with Gasteiger partial charge in [-0.05, 0) is 17.8 Å². The Labute approximate surface area is 236 Å². The molecule has 3 N–H and O–H groups in total. The van der Waals surface area contributed by atoms with E-state index in [2.05, 4.69) is 4.74 Å². The van der Waals surface area contributed by atoms with Crippen LogP contribution < -0.4 is 0 Å². The quantitative estimate of drug-likeness (QED) is 0.164.